The zero-order valence-corrected chi connectivity index (χ0v) is 15.9. The first-order valence-corrected chi connectivity index (χ1v) is 8.57. The normalized spacial score (nSPS) is 18.9. The molecule has 136 valence electrons. The van der Waals surface area contributed by atoms with Gasteiger partial charge in [0.15, 0.2) is 0 Å². The third-order valence-corrected chi connectivity index (χ3v) is 3.70. The number of allylic oxidation sites excluding steroid dienone is 4. The first kappa shape index (κ1) is 22.0. The van der Waals surface area contributed by atoms with E-state index < -0.39 is 5.97 Å². The van der Waals surface area contributed by atoms with Crippen LogP contribution in [0.3, 0.4) is 0 Å². The van der Waals surface area contributed by atoms with Gasteiger partial charge in [-0.3, -0.25) is 9.59 Å². The Kier molecular flexibility index (Phi) is 10.5. The van der Waals surface area contributed by atoms with Gasteiger partial charge in [-0.25, -0.2) is 0 Å². The number of carboxylic acids is 1. The van der Waals surface area contributed by atoms with Crippen LogP contribution in [-0.2, 0) is 9.59 Å². The average molecular weight is 336 g/mol. The molecule has 5 nitrogen and oxygen atoms in total. The lowest BCUT2D eigenvalue weighted by Crippen LogP contribution is -2.38. The molecule has 1 unspecified atom stereocenters. The molecule has 0 aromatic carbocycles. The van der Waals surface area contributed by atoms with Gasteiger partial charge in [0.25, 0.3) is 0 Å². The number of amides is 1. The predicted octanol–water partition coefficient (Wildman–Crippen LogP) is 3.30. The fourth-order valence-electron chi connectivity index (χ4n) is 2.49. The van der Waals surface area contributed by atoms with Crippen molar-refractivity contribution in [2.45, 2.75) is 40.5 Å². The minimum Gasteiger partial charge on any atom is -0.481 e. The average Bonchev–Trinajstić information content (AvgIpc) is 2.59. The second-order valence-corrected chi connectivity index (χ2v) is 5.77. The molecule has 1 aliphatic rings. The van der Waals surface area contributed by atoms with Crippen molar-refractivity contribution < 1.29 is 14.7 Å². The highest BCUT2D eigenvalue weighted by Crippen LogP contribution is 2.22. The number of nitrogens with zero attached hydrogens (tertiary/aromatic N) is 2. The van der Waals surface area contributed by atoms with Crippen molar-refractivity contribution in [2.75, 3.05) is 27.2 Å². The van der Waals surface area contributed by atoms with Crippen molar-refractivity contribution in [2.24, 2.45) is 5.92 Å². The Morgan fingerprint density at radius 3 is 2.38 bits per heavy atom. The molecule has 5 heteroatoms. The number of carbonyl (C=O) groups excluding carboxylic acids is 1. The first-order chi connectivity index (χ1) is 11.4. The Hall–Kier alpha value is -2.04. The van der Waals surface area contributed by atoms with Gasteiger partial charge in [0.1, 0.15) is 0 Å². The zero-order chi connectivity index (χ0) is 18.7. The van der Waals surface area contributed by atoms with Crippen LogP contribution in [0.5, 0.6) is 0 Å². The van der Waals surface area contributed by atoms with Crippen LogP contribution in [-0.4, -0.2) is 54.0 Å². The molecule has 0 aromatic rings. The van der Waals surface area contributed by atoms with Crippen LogP contribution in [0.15, 0.2) is 35.6 Å². The molecule has 1 fully saturated rings. The maximum atomic E-state index is 12.0. The minimum absolute atomic E-state index is 0.0434. The van der Waals surface area contributed by atoms with E-state index in [1.165, 1.54) is 4.90 Å². The quantitative estimate of drug-likeness (QED) is 0.618. The maximum Gasteiger partial charge on any atom is 0.308 e. The summed E-state index contributed by atoms with van der Waals surface area (Å²) in [6.07, 6.45) is 9.14. The molecule has 24 heavy (non-hydrogen) atoms. The van der Waals surface area contributed by atoms with Crippen LogP contribution in [0.25, 0.3) is 0 Å². The second kappa shape index (κ2) is 11.5. The van der Waals surface area contributed by atoms with E-state index in [-0.39, 0.29) is 11.8 Å². The highest BCUT2D eigenvalue weighted by atomic mass is 16.4. The van der Waals surface area contributed by atoms with Crippen molar-refractivity contribution in [3.8, 4) is 0 Å². The first-order valence-electron chi connectivity index (χ1n) is 8.57. The Labute approximate surface area is 146 Å². The van der Waals surface area contributed by atoms with Crippen molar-refractivity contribution >= 4 is 11.9 Å². The molecule has 1 N–H and O–H groups in total. The molecule has 0 saturated carbocycles. The summed E-state index contributed by atoms with van der Waals surface area (Å²) in [5.74, 6) is -1.14. The van der Waals surface area contributed by atoms with Crippen LogP contribution >= 0.6 is 0 Å². The standard InChI is InChI=1S/C17H26N2O3.C2H6/c1-5-6-9-15(11-13(2)16(20)18(3)4)19-10-7-8-14(12-19)17(21)22;1-2/h5-6,9,11,14H,7-8,10,12H2,1-4H3,(H,21,22);1-2H3/b6-5-,13-11+,15-9+;. The molecule has 1 heterocycles. The van der Waals surface area contributed by atoms with Gasteiger partial charge < -0.3 is 14.9 Å². The van der Waals surface area contributed by atoms with Gasteiger partial charge in [-0.15, -0.1) is 0 Å². The summed E-state index contributed by atoms with van der Waals surface area (Å²) in [4.78, 5) is 26.8. The van der Waals surface area contributed by atoms with E-state index in [0.717, 1.165) is 18.7 Å². The number of likely N-dealkylation sites (N-methyl/N-ethyl adjacent to an activating group) is 1. The smallest absolute Gasteiger partial charge is 0.308 e. The van der Waals surface area contributed by atoms with Crippen molar-refractivity contribution in [1.82, 2.24) is 9.80 Å². The molecule has 1 rings (SSSR count). The van der Waals surface area contributed by atoms with Crippen molar-refractivity contribution in [3.63, 3.8) is 0 Å². The van der Waals surface area contributed by atoms with Crippen LogP contribution in [0.1, 0.15) is 40.5 Å². The Morgan fingerprint density at radius 2 is 1.88 bits per heavy atom. The molecule has 1 saturated heterocycles. The molecule has 0 spiro atoms. The topological polar surface area (TPSA) is 60.9 Å². The Morgan fingerprint density at radius 1 is 1.25 bits per heavy atom. The number of carboxylic acid groups (broad SMARTS) is 1. The lowest BCUT2D eigenvalue weighted by Gasteiger charge is -2.33. The van der Waals surface area contributed by atoms with Gasteiger partial charge in [-0.2, -0.15) is 0 Å². The van der Waals surface area contributed by atoms with E-state index in [9.17, 15) is 14.7 Å². The predicted molar refractivity (Wildman–Crippen MR) is 98.6 cm³/mol. The molecule has 0 aliphatic carbocycles. The molecular weight excluding hydrogens is 304 g/mol. The summed E-state index contributed by atoms with van der Waals surface area (Å²) < 4.78 is 0. The number of likely N-dealkylation sites (tertiary alicyclic amines) is 1. The molecule has 1 aliphatic heterocycles. The summed E-state index contributed by atoms with van der Waals surface area (Å²) in [6.45, 7) is 9.00. The summed E-state index contributed by atoms with van der Waals surface area (Å²) in [5, 5.41) is 9.22. The van der Waals surface area contributed by atoms with Crippen LogP contribution in [0, 0.1) is 5.92 Å². The number of rotatable bonds is 5. The van der Waals surface area contributed by atoms with E-state index in [1.807, 2.05) is 45.1 Å². The van der Waals surface area contributed by atoms with Gasteiger partial charge >= 0.3 is 5.97 Å². The fraction of sp³-hybridized carbons (Fsp3) is 0.579. The van der Waals surface area contributed by atoms with E-state index in [1.54, 1.807) is 21.0 Å². The summed E-state index contributed by atoms with van der Waals surface area (Å²) in [7, 11) is 3.44. The highest BCUT2D eigenvalue weighted by molar-refractivity contribution is 5.92. The van der Waals surface area contributed by atoms with Gasteiger partial charge in [-0.1, -0.05) is 26.0 Å². The largest absolute Gasteiger partial charge is 0.481 e. The lowest BCUT2D eigenvalue weighted by atomic mass is 9.97. The number of hydrogen-bond donors (Lipinski definition) is 1. The van der Waals surface area contributed by atoms with Crippen molar-refractivity contribution in [3.05, 3.63) is 35.6 Å². The van der Waals surface area contributed by atoms with E-state index in [2.05, 4.69) is 4.90 Å². The summed E-state index contributed by atoms with van der Waals surface area (Å²) in [6, 6.07) is 0. The molecule has 0 radical (unpaired) electrons. The number of carbonyl (C=O) groups is 2. The number of piperidine rings is 1. The van der Waals surface area contributed by atoms with Crippen LogP contribution in [0.2, 0.25) is 0 Å². The molecular formula is C19H32N2O3. The Bertz CT molecular complexity index is 505. The van der Waals surface area contributed by atoms with Gasteiger partial charge in [0.05, 0.1) is 5.92 Å². The fourth-order valence-corrected chi connectivity index (χ4v) is 2.49. The third kappa shape index (κ3) is 7.02. The second-order valence-electron chi connectivity index (χ2n) is 5.77. The zero-order valence-electron chi connectivity index (χ0n) is 15.9. The van der Waals surface area contributed by atoms with Gasteiger partial charge in [0, 0.05) is 38.5 Å². The van der Waals surface area contributed by atoms with E-state index in [4.69, 9.17) is 0 Å². The molecule has 0 bridgehead atoms. The van der Waals surface area contributed by atoms with E-state index >= 15 is 0 Å². The molecule has 1 amide bonds. The number of hydrogen-bond acceptors (Lipinski definition) is 3. The van der Waals surface area contributed by atoms with Gasteiger partial charge in [-0.05, 0) is 38.8 Å². The summed E-state index contributed by atoms with van der Waals surface area (Å²) >= 11 is 0. The summed E-state index contributed by atoms with van der Waals surface area (Å²) in [5.41, 5.74) is 1.52. The monoisotopic (exact) mass is 336 g/mol. The van der Waals surface area contributed by atoms with Crippen molar-refractivity contribution in [1.29, 1.82) is 0 Å². The molecule has 0 aromatic heterocycles. The Balaban J connectivity index is 0.00000254. The van der Waals surface area contributed by atoms with Gasteiger partial charge in [0.2, 0.25) is 5.91 Å². The number of aliphatic carboxylic acids is 1. The SMILES string of the molecule is CC.C\C=C/C=C(\C=C(/C)C(=O)N(C)C)N1CCCC(C(=O)O)C1. The molecule has 1 atom stereocenters. The lowest BCUT2D eigenvalue weighted by molar-refractivity contribution is -0.143. The third-order valence-electron chi connectivity index (χ3n) is 3.70. The highest BCUT2D eigenvalue weighted by Gasteiger charge is 2.26. The van der Waals surface area contributed by atoms with E-state index in [0.29, 0.717) is 18.5 Å². The minimum atomic E-state index is -0.750. The maximum absolute atomic E-state index is 12.0. The van der Waals surface area contributed by atoms with Crippen LogP contribution < -0.4 is 0 Å². The van der Waals surface area contributed by atoms with Crippen LogP contribution in [0.4, 0.5) is 0 Å².